The number of ether oxygens (including phenoxy) is 2. The van der Waals surface area contributed by atoms with Crippen LogP contribution < -0.4 is 10.1 Å². The first-order valence-electron chi connectivity index (χ1n) is 11.3. The zero-order chi connectivity index (χ0) is 24.2. The molecule has 8 heteroatoms. The fraction of sp³-hybridized carbons (Fsp3) is 0.385. The third-order valence-corrected chi connectivity index (χ3v) is 8.09. The number of phenolic OH excluding ortho intramolecular Hbond substituents is 1. The maximum atomic E-state index is 13.6. The van der Waals surface area contributed by atoms with Crippen molar-refractivity contribution in [2.75, 3.05) is 25.2 Å². The zero-order valence-corrected chi connectivity index (χ0v) is 21.2. The summed E-state index contributed by atoms with van der Waals surface area (Å²) in [7, 11) is 1.48. The summed E-state index contributed by atoms with van der Waals surface area (Å²) in [4.78, 5) is 28.0. The Morgan fingerprint density at radius 3 is 2.82 bits per heavy atom. The molecule has 0 saturated heterocycles. The molecule has 2 heterocycles. The van der Waals surface area contributed by atoms with Crippen LogP contribution in [-0.4, -0.2) is 42.1 Å². The number of carbonyl (C=O) groups is 2. The molecule has 1 aliphatic heterocycles. The van der Waals surface area contributed by atoms with Gasteiger partial charge in [0.2, 0.25) is 0 Å². The first-order valence-corrected chi connectivity index (χ1v) is 13.4. The number of thioether (sulfide) groups is 1. The lowest BCUT2D eigenvalue weighted by Gasteiger charge is -2.36. The van der Waals surface area contributed by atoms with Gasteiger partial charge >= 0.3 is 5.97 Å². The monoisotopic (exact) mass is 499 g/mol. The third-order valence-electron chi connectivity index (χ3n) is 6.20. The van der Waals surface area contributed by atoms with Crippen molar-refractivity contribution in [1.82, 2.24) is 5.32 Å². The molecule has 2 N–H and O–H groups in total. The first-order chi connectivity index (χ1) is 16.4. The Kier molecular flexibility index (Phi) is 7.68. The highest BCUT2D eigenvalue weighted by Crippen LogP contribution is 2.47. The molecule has 0 bridgehead atoms. The Hall–Kier alpha value is -2.71. The molecule has 0 saturated carbocycles. The highest BCUT2D eigenvalue weighted by atomic mass is 32.2. The molecule has 0 amide bonds. The number of ketones is 1. The molecular weight excluding hydrogens is 470 g/mol. The molecule has 0 radical (unpaired) electrons. The van der Waals surface area contributed by atoms with Gasteiger partial charge in [-0.15, -0.1) is 11.3 Å². The first kappa shape index (κ1) is 24.4. The average molecular weight is 500 g/mol. The van der Waals surface area contributed by atoms with Gasteiger partial charge in [0.05, 0.1) is 12.7 Å². The lowest BCUT2D eigenvalue weighted by molar-refractivity contribution is -0.138. The van der Waals surface area contributed by atoms with Crippen LogP contribution in [0.2, 0.25) is 0 Å². The largest absolute Gasteiger partial charge is 0.504 e. The summed E-state index contributed by atoms with van der Waals surface area (Å²) in [6.07, 6.45) is 1.08. The van der Waals surface area contributed by atoms with Gasteiger partial charge in [0, 0.05) is 45.9 Å². The number of hydrogen-bond donors (Lipinski definition) is 2. The van der Waals surface area contributed by atoms with Crippen molar-refractivity contribution in [2.45, 2.75) is 38.5 Å². The van der Waals surface area contributed by atoms with Crippen molar-refractivity contribution in [1.29, 1.82) is 0 Å². The normalized spacial score (nSPS) is 20.1. The number of Topliss-reactive ketones (excluding diaryl/α,β-unsaturated/α-hetero) is 1. The Morgan fingerprint density at radius 1 is 1.29 bits per heavy atom. The summed E-state index contributed by atoms with van der Waals surface area (Å²) < 4.78 is 10.9. The van der Waals surface area contributed by atoms with Gasteiger partial charge < -0.3 is 19.9 Å². The number of benzene rings is 1. The zero-order valence-electron chi connectivity index (χ0n) is 19.6. The highest BCUT2D eigenvalue weighted by molar-refractivity contribution is 7.99. The minimum absolute atomic E-state index is 0.00327. The molecule has 0 spiro atoms. The van der Waals surface area contributed by atoms with E-state index in [2.05, 4.69) is 18.3 Å². The average Bonchev–Trinajstić information content (AvgIpc) is 3.36. The van der Waals surface area contributed by atoms with E-state index in [-0.39, 0.29) is 17.5 Å². The van der Waals surface area contributed by atoms with E-state index in [1.165, 1.54) is 18.1 Å². The van der Waals surface area contributed by atoms with Crippen LogP contribution in [0.15, 0.2) is 58.3 Å². The summed E-state index contributed by atoms with van der Waals surface area (Å²) in [6.45, 7) is 4.22. The van der Waals surface area contributed by atoms with Crippen molar-refractivity contribution >= 4 is 34.9 Å². The molecule has 6 nitrogen and oxygen atoms in total. The number of thiophene rings is 1. The lowest BCUT2D eigenvalue weighted by Crippen LogP contribution is -2.36. The van der Waals surface area contributed by atoms with Crippen molar-refractivity contribution in [3.8, 4) is 11.5 Å². The Morgan fingerprint density at radius 2 is 2.12 bits per heavy atom. The summed E-state index contributed by atoms with van der Waals surface area (Å²) in [5.74, 6) is 1.07. The minimum Gasteiger partial charge on any atom is -0.504 e. The fourth-order valence-corrected chi connectivity index (χ4v) is 5.98. The summed E-state index contributed by atoms with van der Waals surface area (Å²) in [5.41, 5.74) is 3.27. The second-order valence-electron chi connectivity index (χ2n) is 8.30. The van der Waals surface area contributed by atoms with Crippen molar-refractivity contribution in [3.63, 3.8) is 0 Å². The van der Waals surface area contributed by atoms with E-state index in [4.69, 9.17) is 9.47 Å². The molecule has 4 rings (SSSR count). The van der Waals surface area contributed by atoms with Gasteiger partial charge in [-0.05, 0) is 48.2 Å². The molecule has 0 fully saturated rings. The van der Waals surface area contributed by atoms with Crippen LogP contribution in [-0.2, 0) is 14.3 Å². The maximum Gasteiger partial charge on any atom is 0.336 e. The van der Waals surface area contributed by atoms with Gasteiger partial charge in [-0.2, -0.15) is 11.8 Å². The molecular formula is C26H29NO5S2. The molecule has 2 aliphatic rings. The van der Waals surface area contributed by atoms with E-state index < -0.39 is 11.9 Å². The van der Waals surface area contributed by atoms with E-state index >= 15 is 0 Å². The van der Waals surface area contributed by atoms with Crippen molar-refractivity contribution < 1.29 is 24.2 Å². The number of rotatable bonds is 8. The Bertz CT molecular complexity index is 1140. The molecule has 2 atom stereocenters. The fourth-order valence-electron chi connectivity index (χ4n) is 4.66. The predicted molar refractivity (Wildman–Crippen MR) is 136 cm³/mol. The highest BCUT2D eigenvalue weighted by Gasteiger charge is 2.41. The summed E-state index contributed by atoms with van der Waals surface area (Å²) >= 11 is 3.36. The van der Waals surface area contributed by atoms with E-state index in [1.54, 1.807) is 35.2 Å². The number of esters is 1. The molecule has 2 aromatic rings. The van der Waals surface area contributed by atoms with Crippen LogP contribution >= 0.6 is 23.1 Å². The number of hydrogen-bond acceptors (Lipinski definition) is 8. The van der Waals surface area contributed by atoms with Crippen molar-refractivity contribution in [2.24, 2.45) is 0 Å². The molecule has 1 aromatic heterocycles. The van der Waals surface area contributed by atoms with Gasteiger partial charge in [-0.25, -0.2) is 4.79 Å². The molecule has 34 heavy (non-hydrogen) atoms. The number of methoxy groups -OCH3 is 1. The third kappa shape index (κ3) is 4.88. The number of phenols is 1. The van der Waals surface area contributed by atoms with E-state index in [0.29, 0.717) is 47.6 Å². The van der Waals surface area contributed by atoms with Gasteiger partial charge in [-0.3, -0.25) is 4.79 Å². The van der Waals surface area contributed by atoms with Crippen LogP contribution in [0.3, 0.4) is 0 Å². The van der Waals surface area contributed by atoms with E-state index in [9.17, 15) is 14.7 Å². The topological polar surface area (TPSA) is 84.9 Å². The Balaban J connectivity index is 1.75. The molecule has 1 aromatic carbocycles. The van der Waals surface area contributed by atoms with Crippen LogP contribution in [0.5, 0.6) is 11.5 Å². The Labute approximate surface area is 208 Å². The van der Waals surface area contributed by atoms with Gasteiger partial charge in [-0.1, -0.05) is 19.1 Å². The number of dihydropyridines is 1. The molecule has 0 unspecified atom stereocenters. The van der Waals surface area contributed by atoms with Gasteiger partial charge in [0.1, 0.15) is 6.61 Å². The lowest BCUT2D eigenvalue weighted by atomic mass is 9.72. The standard InChI is InChI=1S/C26H29NO5S2/c1-4-33-11-9-32-26(30)23-15(2)27-18-12-17(22-6-5-10-34-22)13-20(29)25(18)24(23)16-7-8-19(28)21(14-16)31-3/h5-8,10,14,17,24,27-28H,4,9,11-13H2,1-3H3/t17-,24+/m0/s1. The number of nitrogens with one attached hydrogen (secondary N) is 1. The number of aromatic hydroxyl groups is 1. The number of allylic oxidation sites excluding steroid dienone is 3. The van der Waals surface area contributed by atoms with Gasteiger partial charge in [0.25, 0.3) is 0 Å². The maximum absolute atomic E-state index is 13.6. The summed E-state index contributed by atoms with van der Waals surface area (Å²) in [6, 6.07) is 9.05. The molecule has 180 valence electrons. The van der Waals surface area contributed by atoms with Crippen LogP contribution in [0, 0.1) is 0 Å². The van der Waals surface area contributed by atoms with Crippen LogP contribution in [0.4, 0.5) is 0 Å². The minimum atomic E-state index is -0.589. The quantitative estimate of drug-likeness (QED) is 0.385. The second-order valence-corrected chi connectivity index (χ2v) is 10.7. The van der Waals surface area contributed by atoms with Crippen LogP contribution in [0.25, 0.3) is 0 Å². The second kappa shape index (κ2) is 10.7. The summed E-state index contributed by atoms with van der Waals surface area (Å²) in [5, 5.41) is 15.5. The molecule has 1 aliphatic carbocycles. The predicted octanol–water partition coefficient (Wildman–Crippen LogP) is 5.12. The van der Waals surface area contributed by atoms with Gasteiger partial charge in [0.15, 0.2) is 17.3 Å². The van der Waals surface area contributed by atoms with E-state index in [0.717, 1.165) is 17.2 Å². The van der Waals surface area contributed by atoms with Crippen molar-refractivity contribution in [3.05, 3.63) is 68.7 Å². The smallest absolute Gasteiger partial charge is 0.336 e. The SMILES string of the molecule is CCSCCOC(=O)C1=C(C)NC2=C(C(=O)C[C@@H](c3cccs3)C2)[C@@H]1c1ccc(O)c(OC)c1. The number of carbonyl (C=O) groups excluding carboxylic acids is 2. The van der Waals surface area contributed by atoms with Crippen LogP contribution in [0.1, 0.15) is 49.0 Å². The van der Waals surface area contributed by atoms with E-state index in [1.807, 2.05) is 18.4 Å².